The summed E-state index contributed by atoms with van der Waals surface area (Å²) in [6.07, 6.45) is -31.1. The van der Waals surface area contributed by atoms with Gasteiger partial charge in [-0.25, -0.2) is 9.53 Å². The molecule has 28 heteroatoms. The second-order valence-corrected chi connectivity index (χ2v) is 10.0. The lowest BCUT2D eigenvalue weighted by Gasteiger charge is -2.42. The molecule has 0 spiro atoms. The number of alkyl halides is 24. The van der Waals surface area contributed by atoms with Gasteiger partial charge in [-0.3, -0.25) is 0 Å². The molecule has 1 aromatic carbocycles. The van der Waals surface area contributed by atoms with Gasteiger partial charge in [-0.1, -0.05) is 18.7 Å². The van der Waals surface area contributed by atoms with Gasteiger partial charge in [-0.15, -0.1) is 0 Å². The van der Waals surface area contributed by atoms with Crippen LogP contribution in [0.15, 0.2) is 36.4 Å². The van der Waals surface area contributed by atoms with E-state index in [4.69, 9.17) is 0 Å². The molecule has 0 saturated carbocycles. The van der Waals surface area contributed by atoms with Gasteiger partial charge in [-0.2, -0.15) is 105 Å². The van der Waals surface area contributed by atoms with E-state index >= 15 is 0 Å². The maximum absolute atomic E-state index is 14.1. The minimum Gasteiger partial charge on any atom is -0.462 e. The molecule has 0 heterocycles. The van der Waals surface area contributed by atoms with Crippen molar-refractivity contribution < 1.29 is 124 Å². The van der Waals surface area contributed by atoms with Crippen LogP contribution in [-0.4, -0.2) is 84.7 Å². The Morgan fingerprint density at radius 1 is 0.596 bits per heavy atom. The molecule has 0 amide bonds. The predicted octanol–water partition coefficient (Wildman–Crippen LogP) is 9.87. The van der Waals surface area contributed by atoms with Crippen molar-refractivity contribution in [2.24, 2.45) is 0 Å². The third-order valence-corrected chi connectivity index (χ3v) is 6.15. The molecule has 1 unspecified atom stereocenters. The molecule has 1 aromatic rings. The first-order valence-corrected chi connectivity index (χ1v) is 12.4. The minimum atomic E-state index is -9.05. The van der Waals surface area contributed by atoms with E-state index in [1.165, 1.54) is 6.92 Å². The van der Waals surface area contributed by atoms with Crippen LogP contribution in [0.5, 0.6) is 5.75 Å². The first-order chi connectivity index (χ1) is 22.7. The Balaban J connectivity index is 3.42. The Morgan fingerprint density at radius 2 is 0.962 bits per heavy atom. The molecule has 1 rings (SSSR count). The molecule has 52 heavy (non-hydrogen) atoms. The molecule has 4 nitrogen and oxygen atoms in total. The van der Waals surface area contributed by atoms with Crippen LogP contribution in [0, 0.1) is 0 Å². The van der Waals surface area contributed by atoms with Crippen molar-refractivity contribution in [2.75, 3.05) is 6.61 Å². The van der Waals surface area contributed by atoms with E-state index in [1.54, 1.807) is 0 Å². The summed E-state index contributed by atoms with van der Waals surface area (Å²) < 4.78 is 332. The summed E-state index contributed by atoms with van der Waals surface area (Å²) in [5.74, 6) is -71.3. The van der Waals surface area contributed by atoms with Crippen LogP contribution in [0.1, 0.15) is 12.5 Å². The van der Waals surface area contributed by atoms with E-state index in [2.05, 4.69) is 16.1 Å². The van der Waals surface area contributed by atoms with E-state index in [0.717, 1.165) is 16.9 Å². The largest absolute Gasteiger partial charge is 0.462 e. The second-order valence-electron chi connectivity index (χ2n) is 10.0. The smallest absolute Gasteiger partial charge is 0.460 e. The van der Waals surface area contributed by atoms with E-state index in [9.17, 15) is 110 Å². The Labute approximate surface area is 271 Å². The van der Waals surface area contributed by atoms with Crippen molar-refractivity contribution in [3.63, 3.8) is 0 Å². The molecule has 1 atom stereocenters. The first-order valence-electron chi connectivity index (χ1n) is 12.4. The number of hydrogen-bond acceptors (Lipinski definition) is 4. The SMILES string of the molecule is C=C(C)C(=O)OCCc1ccc(OC(F)C(F)(F)C(F)(F)C(F)(F)C(F)(F)C(F)(F)OC(F)(F)C(F)(F)C(F)(F)C(F)(F)C(F)(F)C(F)(F)F)cc1. The third-order valence-electron chi connectivity index (χ3n) is 6.15. The molecular weight excluding hydrogens is 808 g/mol. The standard InChI is InChI=1S/C24H14F24O4/c1-9(2)12(49)50-8-7-10-3-5-11(6-4-10)51-13(25)14(26,27)15(28,29)16(30,31)20(38,39)23(45,46)52-24(47,48)21(40,41)18(34,35)17(32,33)19(36,37)22(42,43)44/h3-6,13H,1,7-8H2,2H3. The van der Waals surface area contributed by atoms with Gasteiger partial charge >= 0.3 is 78.1 Å². The fraction of sp³-hybridized carbons (Fsp3) is 0.625. The van der Waals surface area contributed by atoms with Gasteiger partial charge in [0, 0.05) is 12.0 Å². The molecule has 0 radical (unpaired) electrons. The molecule has 0 N–H and O–H groups in total. The topological polar surface area (TPSA) is 44.8 Å². The normalized spacial score (nSPS) is 15.7. The van der Waals surface area contributed by atoms with Crippen LogP contribution in [0.2, 0.25) is 0 Å². The van der Waals surface area contributed by atoms with Gasteiger partial charge < -0.3 is 9.47 Å². The zero-order chi connectivity index (χ0) is 41.8. The number of benzene rings is 1. The Hall–Kier alpha value is -3.49. The Morgan fingerprint density at radius 3 is 1.33 bits per heavy atom. The predicted molar refractivity (Wildman–Crippen MR) is 118 cm³/mol. The average Bonchev–Trinajstić information content (AvgIpc) is 2.95. The van der Waals surface area contributed by atoms with Crippen LogP contribution >= 0.6 is 0 Å². The zero-order valence-electron chi connectivity index (χ0n) is 24.2. The maximum atomic E-state index is 14.1. The minimum absolute atomic E-state index is 0.0423. The average molecular weight is 822 g/mol. The number of ether oxygens (including phenoxy) is 3. The maximum Gasteiger partial charge on any atom is 0.460 e. The summed E-state index contributed by atoms with van der Waals surface area (Å²) in [6, 6.07) is 2.26. The van der Waals surface area contributed by atoms with Crippen LogP contribution in [0.3, 0.4) is 0 Å². The van der Waals surface area contributed by atoms with Crippen LogP contribution in [-0.2, 0) is 20.7 Å². The van der Waals surface area contributed by atoms with E-state index in [-0.39, 0.29) is 17.6 Å². The van der Waals surface area contributed by atoms with Gasteiger partial charge in [0.1, 0.15) is 5.75 Å². The number of carbonyl (C=O) groups excluding carboxylic acids is 1. The van der Waals surface area contributed by atoms with E-state index in [0.29, 0.717) is 12.1 Å². The van der Waals surface area contributed by atoms with Crippen molar-refractivity contribution in [3.05, 3.63) is 42.0 Å². The number of carbonyl (C=O) groups is 1. The van der Waals surface area contributed by atoms with Gasteiger partial charge in [0.25, 0.3) is 0 Å². The molecule has 0 aliphatic carbocycles. The fourth-order valence-corrected chi connectivity index (χ4v) is 3.09. The molecule has 0 bridgehead atoms. The molecule has 0 aliphatic heterocycles. The molecule has 302 valence electrons. The van der Waals surface area contributed by atoms with Crippen LogP contribution in [0.4, 0.5) is 105 Å². The third kappa shape index (κ3) is 7.48. The summed E-state index contributed by atoms with van der Waals surface area (Å²) >= 11 is 0. The van der Waals surface area contributed by atoms with Crippen molar-refractivity contribution >= 4 is 5.97 Å². The number of rotatable bonds is 17. The highest BCUT2D eigenvalue weighted by atomic mass is 19.4. The highest BCUT2D eigenvalue weighted by Crippen LogP contribution is 2.63. The van der Waals surface area contributed by atoms with Crippen molar-refractivity contribution in [2.45, 2.75) is 85.5 Å². The van der Waals surface area contributed by atoms with Gasteiger partial charge in [-0.05, 0) is 24.6 Å². The van der Waals surface area contributed by atoms with Crippen molar-refractivity contribution in [1.82, 2.24) is 0 Å². The molecular formula is C24H14F24O4. The summed E-state index contributed by atoms with van der Waals surface area (Å²) in [7, 11) is 0. The van der Waals surface area contributed by atoms with Gasteiger partial charge in [0.15, 0.2) is 0 Å². The lowest BCUT2D eigenvalue weighted by Crippen LogP contribution is -2.73. The van der Waals surface area contributed by atoms with E-state index in [1.807, 2.05) is 0 Å². The van der Waals surface area contributed by atoms with E-state index < -0.39 is 90.5 Å². The lowest BCUT2D eigenvalue weighted by atomic mass is 9.96. The summed E-state index contributed by atoms with van der Waals surface area (Å²) in [5.41, 5.74) is -0.0275. The van der Waals surface area contributed by atoms with Gasteiger partial charge in [0.2, 0.25) is 0 Å². The number of esters is 1. The highest BCUT2D eigenvalue weighted by Gasteiger charge is 2.94. The summed E-state index contributed by atoms with van der Waals surface area (Å²) in [5, 5.41) is 0. The Bertz CT molecular complexity index is 1430. The van der Waals surface area contributed by atoms with Crippen molar-refractivity contribution in [1.29, 1.82) is 0 Å². The lowest BCUT2D eigenvalue weighted by molar-refractivity contribution is -0.526. The quantitative estimate of drug-likeness (QED) is 0.0893. The number of halogens is 24. The monoisotopic (exact) mass is 822 g/mol. The van der Waals surface area contributed by atoms with Crippen molar-refractivity contribution in [3.8, 4) is 5.75 Å². The summed E-state index contributed by atoms with van der Waals surface area (Å²) in [4.78, 5) is 11.3. The van der Waals surface area contributed by atoms with Crippen LogP contribution < -0.4 is 4.74 Å². The fourth-order valence-electron chi connectivity index (χ4n) is 3.09. The zero-order valence-corrected chi connectivity index (χ0v) is 24.2. The Kier molecular flexibility index (Phi) is 12.3. The summed E-state index contributed by atoms with van der Waals surface area (Å²) in [6.45, 7) is 4.04. The molecule has 0 fully saturated rings. The van der Waals surface area contributed by atoms with Gasteiger partial charge in [0.05, 0.1) is 6.61 Å². The number of hydrogen-bond donors (Lipinski definition) is 0. The van der Waals surface area contributed by atoms with Crippen LogP contribution in [0.25, 0.3) is 0 Å². The molecule has 0 aromatic heterocycles. The first kappa shape index (κ1) is 46.5. The molecule has 0 aliphatic rings. The highest BCUT2D eigenvalue weighted by molar-refractivity contribution is 5.86. The second kappa shape index (κ2) is 13.7. The molecule has 0 saturated heterocycles.